The molecule has 0 radical (unpaired) electrons. The van der Waals surface area contributed by atoms with Gasteiger partial charge < -0.3 is 9.47 Å². The summed E-state index contributed by atoms with van der Waals surface area (Å²) in [5, 5.41) is 0. The highest BCUT2D eigenvalue weighted by molar-refractivity contribution is 5.10. The van der Waals surface area contributed by atoms with Gasteiger partial charge >= 0.3 is 0 Å². The van der Waals surface area contributed by atoms with Crippen LogP contribution in [0.2, 0.25) is 0 Å². The van der Waals surface area contributed by atoms with Crippen molar-refractivity contribution in [3.05, 3.63) is 23.7 Å². The monoisotopic (exact) mass is 168 g/mol. The van der Waals surface area contributed by atoms with Gasteiger partial charge in [-0.1, -0.05) is 0 Å². The highest BCUT2D eigenvalue weighted by Crippen LogP contribution is 2.25. The van der Waals surface area contributed by atoms with Crippen LogP contribution in [-0.2, 0) is 9.47 Å². The second-order valence-electron chi connectivity index (χ2n) is 2.90. The van der Waals surface area contributed by atoms with Crippen molar-refractivity contribution in [2.75, 3.05) is 0 Å². The molecule has 2 saturated heterocycles. The highest BCUT2D eigenvalue weighted by Gasteiger charge is 2.24. The van der Waals surface area contributed by atoms with Gasteiger partial charge in [0.2, 0.25) is 0 Å². The number of ether oxygens (including phenoxy) is 2. The van der Waals surface area contributed by atoms with E-state index in [9.17, 15) is 0 Å². The summed E-state index contributed by atoms with van der Waals surface area (Å²) in [4.78, 5) is 0. The molecule has 0 spiro atoms. The molecule has 0 N–H and O–H groups in total. The predicted octanol–water partition coefficient (Wildman–Crippen LogP) is 2.62. The van der Waals surface area contributed by atoms with Crippen molar-refractivity contribution in [1.82, 2.24) is 0 Å². The van der Waals surface area contributed by atoms with Crippen LogP contribution in [0, 0.1) is 0 Å². The van der Waals surface area contributed by atoms with E-state index >= 15 is 0 Å². The largest absolute Gasteiger partial charge is 0.484 e. The third-order valence-corrected chi connectivity index (χ3v) is 1.88. The molecule has 2 aliphatic heterocycles. The van der Waals surface area contributed by atoms with Crippen LogP contribution < -0.4 is 0 Å². The molecule has 2 unspecified atom stereocenters. The van der Waals surface area contributed by atoms with E-state index in [1.807, 2.05) is 39.8 Å². The molecule has 2 atom stereocenters. The minimum Gasteiger partial charge on any atom is -0.484 e. The number of hydrogen-bond acceptors (Lipinski definition) is 2. The molecule has 12 heavy (non-hydrogen) atoms. The Kier molecular flexibility index (Phi) is 2.79. The van der Waals surface area contributed by atoms with E-state index in [1.165, 1.54) is 0 Å². The van der Waals surface area contributed by atoms with Gasteiger partial charge in [-0.15, -0.1) is 0 Å². The molecule has 2 aliphatic rings. The zero-order valence-corrected chi connectivity index (χ0v) is 8.13. The van der Waals surface area contributed by atoms with Gasteiger partial charge in [-0.3, -0.25) is 0 Å². The molecule has 2 heterocycles. The summed E-state index contributed by atoms with van der Waals surface area (Å²) in [6.07, 6.45) is 4.83. The van der Waals surface area contributed by atoms with Crippen LogP contribution in [0.4, 0.5) is 0 Å². The summed E-state index contributed by atoms with van der Waals surface area (Å²) in [6.45, 7) is 8.04. The standard InChI is InChI=1S/2C5H8O/c2*1-3-5-4(2)6-5/h2*3-4H,1-2H3. The summed E-state index contributed by atoms with van der Waals surface area (Å²) in [5.74, 6) is 2.27. The van der Waals surface area contributed by atoms with Crippen LogP contribution in [0.25, 0.3) is 0 Å². The van der Waals surface area contributed by atoms with Crippen molar-refractivity contribution >= 4 is 0 Å². The van der Waals surface area contributed by atoms with Gasteiger partial charge in [0.15, 0.2) is 12.2 Å². The van der Waals surface area contributed by atoms with Crippen LogP contribution in [0.15, 0.2) is 23.7 Å². The lowest BCUT2D eigenvalue weighted by Gasteiger charge is -1.51. The lowest BCUT2D eigenvalue weighted by molar-refractivity contribution is 0.444. The van der Waals surface area contributed by atoms with Crippen molar-refractivity contribution in [3.63, 3.8) is 0 Å². The molecule has 68 valence electrons. The molecule has 2 nitrogen and oxygen atoms in total. The van der Waals surface area contributed by atoms with Crippen molar-refractivity contribution < 1.29 is 9.47 Å². The van der Waals surface area contributed by atoms with Crippen LogP contribution in [-0.4, -0.2) is 12.2 Å². The second kappa shape index (κ2) is 3.65. The van der Waals surface area contributed by atoms with Gasteiger partial charge in [-0.05, 0) is 39.8 Å². The number of epoxide rings is 2. The van der Waals surface area contributed by atoms with Crippen LogP contribution in [0.5, 0.6) is 0 Å². The van der Waals surface area contributed by atoms with Crippen molar-refractivity contribution in [2.45, 2.75) is 39.9 Å². The zero-order chi connectivity index (χ0) is 9.14. The number of hydrogen-bond donors (Lipinski definition) is 0. The van der Waals surface area contributed by atoms with Gasteiger partial charge in [0.1, 0.15) is 11.5 Å². The summed E-state index contributed by atoms with van der Waals surface area (Å²) >= 11 is 0. The molecule has 2 fully saturated rings. The SMILES string of the molecule is CC=C1OC1C.CC=C1OC1C. The van der Waals surface area contributed by atoms with Crippen LogP contribution >= 0.6 is 0 Å². The van der Waals surface area contributed by atoms with Crippen molar-refractivity contribution in [2.24, 2.45) is 0 Å². The molecular weight excluding hydrogens is 152 g/mol. The Labute approximate surface area is 73.9 Å². The van der Waals surface area contributed by atoms with Gasteiger partial charge in [0.05, 0.1) is 0 Å². The summed E-state index contributed by atoms with van der Waals surface area (Å²) in [5.41, 5.74) is 0. The van der Waals surface area contributed by atoms with Crippen LogP contribution in [0.3, 0.4) is 0 Å². The Morgan fingerprint density at radius 1 is 0.917 bits per heavy atom. The molecule has 0 amide bonds. The zero-order valence-electron chi connectivity index (χ0n) is 8.13. The first-order valence-electron chi connectivity index (χ1n) is 4.34. The maximum atomic E-state index is 4.93. The second-order valence-corrected chi connectivity index (χ2v) is 2.90. The van der Waals surface area contributed by atoms with E-state index in [-0.39, 0.29) is 0 Å². The lowest BCUT2D eigenvalue weighted by Crippen LogP contribution is -1.60. The fraction of sp³-hybridized carbons (Fsp3) is 0.600. The van der Waals surface area contributed by atoms with Crippen molar-refractivity contribution in [3.8, 4) is 0 Å². The average molecular weight is 168 g/mol. The first kappa shape index (κ1) is 9.17. The normalized spacial score (nSPS) is 36.3. The Bertz CT molecular complexity index is 192. The molecule has 0 saturated carbocycles. The first-order chi connectivity index (χ1) is 5.69. The van der Waals surface area contributed by atoms with E-state index in [2.05, 4.69) is 0 Å². The number of rotatable bonds is 0. The summed E-state index contributed by atoms with van der Waals surface area (Å²) in [6, 6.07) is 0. The maximum absolute atomic E-state index is 4.93. The Morgan fingerprint density at radius 2 is 1.17 bits per heavy atom. The average Bonchev–Trinajstić information content (AvgIpc) is 2.92. The molecule has 0 bridgehead atoms. The fourth-order valence-electron chi connectivity index (χ4n) is 0.946. The fourth-order valence-corrected chi connectivity index (χ4v) is 0.946. The molecular formula is C10H16O2. The minimum absolute atomic E-state index is 0.426. The Morgan fingerprint density at radius 3 is 1.17 bits per heavy atom. The minimum atomic E-state index is 0.426. The molecule has 2 rings (SSSR count). The van der Waals surface area contributed by atoms with Gasteiger partial charge in [0.25, 0.3) is 0 Å². The van der Waals surface area contributed by atoms with E-state index in [4.69, 9.17) is 9.47 Å². The quantitative estimate of drug-likeness (QED) is 0.519. The molecule has 0 aliphatic carbocycles. The topological polar surface area (TPSA) is 25.1 Å². The molecule has 0 aromatic carbocycles. The molecule has 2 heteroatoms. The first-order valence-corrected chi connectivity index (χ1v) is 4.34. The predicted molar refractivity (Wildman–Crippen MR) is 48.6 cm³/mol. The molecule has 0 aromatic rings. The third-order valence-electron chi connectivity index (χ3n) is 1.88. The van der Waals surface area contributed by atoms with E-state index in [0.29, 0.717) is 12.2 Å². The summed E-state index contributed by atoms with van der Waals surface area (Å²) in [7, 11) is 0. The Balaban J connectivity index is 0.000000120. The van der Waals surface area contributed by atoms with Crippen molar-refractivity contribution in [1.29, 1.82) is 0 Å². The van der Waals surface area contributed by atoms with Crippen LogP contribution in [0.1, 0.15) is 27.7 Å². The third kappa shape index (κ3) is 2.61. The lowest BCUT2D eigenvalue weighted by atomic mass is 10.4. The maximum Gasteiger partial charge on any atom is 0.152 e. The molecule has 0 aromatic heterocycles. The number of allylic oxidation sites excluding steroid dienone is 2. The summed E-state index contributed by atoms with van der Waals surface area (Å²) < 4.78 is 9.85. The van der Waals surface area contributed by atoms with Gasteiger partial charge in [0, 0.05) is 0 Å². The van der Waals surface area contributed by atoms with Gasteiger partial charge in [-0.25, -0.2) is 0 Å². The Hall–Kier alpha value is -0.920. The van der Waals surface area contributed by atoms with Gasteiger partial charge in [-0.2, -0.15) is 0 Å². The van der Waals surface area contributed by atoms with E-state index < -0.39 is 0 Å². The smallest absolute Gasteiger partial charge is 0.152 e. The van der Waals surface area contributed by atoms with E-state index in [1.54, 1.807) is 0 Å². The van der Waals surface area contributed by atoms with E-state index in [0.717, 1.165) is 11.5 Å². The highest BCUT2D eigenvalue weighted by atomic mass is 16.6.